The van der Waals surface area contributed by atoms with Gasteiger partial charge in [0.1, 0.15) is 0 Å². The summed E-state index contributed by atoms with van der Waals surface area (Å²) in [6.45, 7) is 0. The number of anilines is 1. The van der Waals surface area contributed by atoms with Crippen LogP contribution in [-0.4, -0.2) is 13.4 Å². The zero-order valence-electron chi connectivity index (χ0n) is 11.8. The van der Waals surface area contributed by atoms with Crippen molar-refractivity contribution >= 4 is 15.7 Å². The Morgan fingerprint density at radius 2 is 1.91 bits per heavy atom. The topological polar surface area (TPSA) is 96.0 Å². The van der Waals surface area contributed by atoms with Gasteiger partial charge in [0, 0.05) is 11.3 Å². The van der Waals surface area contributed by atoms with Gasteiger partial charge in [-0.05, 0) is 36.4 Å². The van der Waals surface area contributed by atoms with E-state index in [1.807, 2.05) is 6.07 Å². The van der Waals surface area contributed by atoms with Gasteiger partial charge in [0.15, 0.2) is 12.2 Å². The number of nitrogens with one attached hydrogen (secondary N) is 1. The van der Waals surface area contributed by atoms with Crippen molar-refractivity contribution in [2.45, 2.75) is 4.90 Å². The van der Waals surface area contributed by atoms with Crippen LogP contribution in [0.4, 0.5) is 5.69 Å². The molecule has 3 rings (SSSR count). The second kappa shape index (κ2) is 5.94. The molecule has 3 aromatic rings. The number of sulfonamides is 1. The van der Waals surface area contributed by atoms with Gasteiger partial charge in [0.25, 0.3) is 10.0 Å². The Hall–Kier alpha value is -3.11. The summed E-state index contributed by atoms with van der Waals surface area (Å²) in [7, 11) is -3.73. The zero-order chi connectivity index (χ0) is 16.3. The number of nitrogens with zero attached hydrogens (tertiary/aromatic N) is 2. The van der Waals surface area contributed by atoms with Crippen LogP contribution in [0, 0.1) is 11.3 Å². The SMILES string of the molecule is N#Cc1ccc(S(=O)(=O)Nc2cccc(-c3cnco3)c2)cc1. The predicted octanol–water partition coefficient (Wildman–Crippen LogP) is 3.01. The van der Waals surface area contributed by atoms with E-state index in [1.54, 1.807) is 30.5 Å². The minimum atomic E-state index is -3.73. The second-order valence-corrected chi connectivity index (χ2v) is 6.37. The molecule has 0 atom stereocenters. The fourth-order valence-electron chi connectivity index (χ4n) is 2.02. The van der Waals surface area contributed by atoms with Gasteiger partial charge in [0.05, 0.1) is 22.7 Å². The molecule has 0 fully saturated rings. The Kier molecular flexibility index (Phi) is 3.83. The van der Waals surface area contributed by atoms with Crippen molar-refractivity contribution in [3.8, 4) is 17.4 Å². The summed E-state index contributed by atoms with van der Waals surface area (Å²) in [5, 5.41) is 8.76. The van der Waals surface area contributed by atoms with Gasteiger partial charge >= 0.3 is 0 Å². The molecule has 0 saturated carbocycles. The number of aromatic nitrogens is 1. The van der Waals surface area contributed by atoms with Gasteiger partial charge in [-0.3, -0.25) is 4.72 Å². The highest BCUT2D eigenvalue weighted by Gasteiger charge is 2.14. The van der Waals surface area contributed by atoms with Crippen molar-refractivity contribution in [3.05, 3.63) is 66.7 Å². The van der Waals surface area contributed by atoms with Gasteiger partial charge in [0.2, 0.25) is 0 Å². The Labute approximate surface area is 133 Å². The first-order chi connectivity index (χ1) is 11.1. The highest BCUT2D eigenvalue weighted by Crippen LogP contribution is 2.24. The lowest BCUT2D eigenvalue weighted by molar-refractivity contribution is 0.572. The molecule has 0 aliphatic carbocycles. The van der Waals surface area contributed by atoms with E-state index in [1.165, 1.54) is 30.7 Å². The van der Waals surface area contributed by atoms with Crippen LogP contribution in [0.5, 0.6) is 0 Å². The maximum Gasteiger partial charge on any atom is 0.261 e. The van der Waals surface area contributed by atoms with Crippen LogP contribution in [0.1, 0.15) is 5.56 Å². The molecule has 114 valence electrons. The van der Waals surface area contributed by atoms with Gasteiger partial charge in [-0.25, -0.2) is 13.4 Å². The van der Waals surface area contributed by atoms with Crippen molar-refractivity contribution in [2.75, 3.05) is 4.72 Å². The maximum absolute atomic E-state index is 12.4. The molecule has 2 aromatic carbocycles. The first kappa shape index (κ1) is 14.8. The number of hydrogen-bond donors (Lipinski definition) is 1. The highest BCUT2D eigenvalue weighted by atomic mass is 32.2. The van der Waals surface area contributed by atoms with Gasteiger partial charge < -0.3 is 4.42 Å². The highest BCUT2D eigenvalue weighted by molar-refractivity contribution is 7.92. The summed E-state index contributed by atoms with van der Waals surface area (Å²) < 4.78 is 32.4. The Morgan fingerprint density at radius 3 is 2.57 bits per heavy atom. The minimum absolute atomic E-state index is 0.0848. The second-order valence-electron chi connectivity index (χ2n) is 4.69. The first-order valence-electron chi connectivity index (χ1n) is 6.60. The van der Waals surface area contributed by atoms with Crippen molar-refractivity contribution in [2.24, 2.45) is 0 Å². The molecular formula is C16H11N3O3S. The molecule has 23 heavy (non-hydrogen) atoms. The van der Waals surface area contributed by atoms with Crippen molar-refractivity contribution in [1.82, 2.24) is 4.98 Å². The van der Waals surface area contributed by atoms with E-state index in [9.17, 15) is 8.42 Å². The quantitative estimate of drug-likeness (QED) is 0.795. The Morgan fingerprint density at radius 1 is 1.13 bits per heavy atom. The fraction of sp³-hybridized carbons (Fsp3) is 0. The lowest BCUT2D eigenvalue weighted by atomic mass is 10.2. The Bertz CT molecular complexity index is 957. The van der Waals surface area contributed by atoms with Crippen LogP contribution < -0.4 is 4.72 Å². The smallest absolute Gasteiger partial charge is 0.261 e. The summed E-state index contributed by atoms with van der Waals surface area (Å²) >= 11 is 0. The number of oxazole rings is 1. The molecule has 1 N–H and O–H groups in total. The average molecular weight is 325 g/mol. The van der Waals surface area contributed by atoms with E-state index in [0.717, 1.165) is 0 Å². The van der Waals surface area contributed by atoms with E-state index in [2.05, 4.69) is 9.71 Å². The third-order valence-corrected chi connectivity index (χ3v) is 4.52. The predicted molar refractivity (Wildman–Crippen MR) is 83.9 cm³/mol. The monoisotopic (exact) mass is 325 g/mol. The van der Waals surface area contributed by atoms with Crippen LogP contribution >= 0.6 is 0 Å². The lowest BCUT2D eigenvalue weighted by Crippen LogP contribution is -2.12. The molecule has 0 saturated heterocycles. The fourth-order valence-corrected chi connectivity index (χ4v) is 3.07. The van der Waals surface area contributed by atoms with Crippen LogP contribution in [0.25, 0.3) is 11.3 Å². The third kappa shape index (κ3) is 3.22. The summed E-state index contributed by atoms with van der Waals surface area (Å²) in [6.07, 6.45) is 2.86. The van der Waals surface area contributed by atoms with Crippen LogP contribution in [-0.2, 0) is 10.0 Å². The zero-order valence-corrected chi connectivity index (χ0v) is 12.6. The number of nitriles is 1. The molecule has 7 heteroatoms. The molecule has 0 radical (unpaired) electrons. The van der Waals surface area contributed by atoms with Gasteiger partial charge in [-0.15, -0.1) is 0 Å². The summed E-state index contributed by atoms with van der Waals surface area (Å²) in [5.41, 5.74) is 1.52. The van der Waals surface area contributed by atoms with E-state index in [4.69, 9.17) is 9.68 Å². The first-order valence-corrected chi connectivity index (χ1v) is 8.09. The molecule has 0 spiro atoms. The molecule has 1 aromatic heterocycles. The van der Waals surface area contributed by atoms with Gasteiger partial charge in [-0.2, -0.15) is 5.26 Å². The van der Waals surface area contributed by atoms with Crippen molar-refractivity contribution < 1.29 is 12.8 Å². The maximum atomic E-state index is 12.4. The van der Waals surface area contributed by atoms with Gasteiger partial charge in [-0.1, -0.05) is 12.1 Å². The lowest BCUT2D eigenvalue weighted by Gasteiger charge is -2.09. The normalized spacial score (nSPS) is 10.9. The van der Waals surface area contributed by atoms with E-state index in [0.29, 0.717) is 22.6 Å². The standard InChI is InChI=1S/C16H11N3O3S/c17-9-12-4-6-15(7-5-12)23(20,21)19-14-3-1-2-13(8-14)16-10-18-11-22-16/h1-8,10-11,19H. The molecule has 0 bridgehead atoms. The molecule has 1 heterocycles. The molecule has 6 nitrogen and oxygen atoms in total. The van der Waals surface area contributed by atoms with Crippen LogP contribution in [0.15, 0.2) is 70.4 Å². The van der Waals surface area contributed by atoms with E-state index < -0.39 is 10.0 Å². The largest absolute Gasteiger partial charge is 0.444 e. The molecule has 0 aliphatic heterocycles. The van der Waals surface area contributed by atoms with E-state index >= 15 is 0 Å². The molecule has 0 unspecified atom stereocenters. The van der Waals surface area contributed by atoms with Crippen LogP contribution in [0.2, 0.25) is 0 Å². The summed E-state index contributed by atoms with van der Waals surface area (Å²) in [5.74, 6) is 0.546. The minimum Gasteiger partial charge on any atom is -0.444 e. The molecule has 0 aliphatic rings. The summed E-state index contributed by atoms with van der Waals surface area (Å²) in [6, 6.07) is 14.4. The summed E-state index contributed by atoms with van der Waals surface area (Å²) in [4.78, 5) is 3.92. The number of hydrogen-bond acceptors (Lipinski definition) is 5. The third-order valence-electron chi connectivity index (χ3n) is 3.13. The van der Waals surface area contributed by atoms with Crippen molar-refractivity contribution in [3.63, 3.8) is 0 Å². The average Bonchev–Trinajstić information content (AvgIpc) is 3.09. The number of rotatable bonds is 4. The Balaban J connectivity index is 1.88. The van der Waals surface area contributed by atoms with E-state index in [-0.39, 0.29) is 4.90 Å². The van der Waals surface area contributed by atoms with Crippen LogP contribution in [0.3, 0.4) is 0 Å². The molecular weight excluding hydrogens is 314 g/mol. The van der Waals surface area contributed by atoms with Crippen molar-refractivity contribution in [1.29, 1.82) is 5.26 Å². The molecule has 0 amide bonds. The number of benzene rings is 2.